The van der Waals surface area contributed by atoms with Crippen molar-refractivity contribution in [2.24, 2.45) is 0 Å². The third-order valence-corrected chi connectivity index (χ3v) is 6.47. The molecule has 112 valence electrons. The quantitative estimate of drug-likeness (QED) is 0.686. The summed E-state index contributed by atoms with van der Waals surface area (Å²) in [6, 6.07) is 8.26. The van der Waals surface area contributed by atoms with Gasteiger partial charge in [-0.25, -0.2) is 8.42 Å². The number of rotatable bonds is 8. The average Bonchev–Trinajstić information content (AvgIpc) is 2.44. The highest BCUT2D eigenvalue weighted by Crippen LogP contribution is 2.31. The highest BCUT2D eigenvalue weighted by Gasteiger charge is 2.43. The van der Waals surface area contributed by atoms with Gasteiger partial charge in [-0.1, -0.05) is 50.8 Å². The molecular weight excluding hydrogens is 272 g/mol. The van der Waals surface area contributed by atoms with Crippen molar-refractivity contribution in [3.8, 4) is 0 Å². The number of hydrogen-bond acceptors (Lipinski definition) is 3. The van der Waals surface area contributed by atoms with Gasteiger partial charge in [0, 0.05) is 0 Å². The molecule has 1 rings (SSSR count). The zero-order valence-corrected chi connectivity index (χ0v) is 13.4. The lowest BCUT2D eigenvalue weighted by Crippen LogP contribution is -2.42. The lowest BCUT2D eigenvalue weighted by Gasteiger charge is -2.26. The second kappa shape index (κ2) is 7.02. The topological polar surface area (TPSA) is 51.2 Å². The van der Waals surface area contributed by atoms with Crippen molar-refractivity contribution in [3.63, 3.8) is 0 Å². The molecule has 0 bridgehead atoms. The predicted molar refractivity (Wildman–Crippen MR) is 81.5 cm³/mol. The van der Waals surface area contributed by atoms with Crippen molar-refractivity contribution < 1.29 is 13.2 Å². The van der Waals surface area contributed by atoms with Crippen LogP contribution in [0.5, 0.6) is 0 Å². The van der Waals surface area contributed by atoms with Gasteiger partial charge in [0.05, 0.1) is 4.90 Å². The summed E-state index contributed by atoms with van der Waals surface area (Å²) in [7, 11) is -3.64. The van der Waals surface area contributed by atoms with Crippen LogP contribution in [0.4, 0.5) is 0 Å². The average molecular weight is 296 g/mol. The summed E-state index contributed by atoms with van der Waals surface area (Å²) >= 11 is 0. The van der Waals surface area contributed by atoms with Crippen LogP contribution < -0.4 is 0 Å². The number of unbranched alkanes of at least 4 members (excludes halogenated alkanes) is 3. The molecule has 0 heterocycles. The Morgan fingerprint density at radius 1 is 1.10 bits per heavy atom. The molecule has 0 aliphatic rings. The van der Waals surface area contributed by atoms with Crippen LogP contribution in [-0.2, 0) is 14.6 Å². The third kappa shape index (κ3) is 3.48. The first-order valence-electron chi connectivity index (χ1n) is 7.17. The molecule has 4 heteroatoms. The van der Waals surface area contributed by atoms with Crippen LogP contribution in [0.25, 0.3) is 0 Å². The van der Waals surface area contributed by atoms with Crippen molar-refractivity contribution >= 4 is 15.6 Å². The fourth-order valence-electron chi connectivity index (χ4n) is 2.25. The maximum absolute atomic E-state index is 12.7. The van der Waals surface area contributed by atoms with Crippen LogP contribution in [0.2, 0.25) is 0 Å². The molecule has 3 nitrogen and oxygen atoms in total. The maximum Gasteiger partial charge on any atom is 0.190 e. The molecule has 1 atom stereocenters. The van der Waals surface area contributed by atoms with Crippen molar-refractivity contribution in [2.45, 2.75) is 62.5 Å². The molecule has 0 saturated heterocycles. The summed E-state index contributed by atoms with van der Waals surface area (Å²) in [5, 5.41) is 0. The maximum atomic E-state index is 12.7. The second-order valence-corrected chi connectivity index (χ2v) is 7.79. The van der Waals surface area contributed by atoms with Gasteiger partial charge in [-0.15, -0.1) is 0 Å². The van der Waals surface area contributed by atoms with Crippen LogP contribution in [0, 0.1) is 0 Å². The standard InChI is InChI=1S/C16H24O3S/c1-4-5-6-10-13-16(3,14(2)17)20(18,19)15-11-8-7-9-12-15/h7-9,11-12H,4-6,10,13H2,1-3H3/t16-/m1/s1. The molecule has 0 spiro atoms. The van der Waals surface area contributed by atoms with E-state index in [-0.39, 0.29) is 10.7 Å². The van der Waals surface area contributed by atoms with Crippen molar-refractivity contribution in [1.29, 1.82) is 0 Å². The lowest BCUT2D eigenvalue weighted by molar-refractivity contribution is -0.119. The molecule has 0 aliphatic carbocycles. The first-order valence-corrected chi connectivity index (χ1v) is 8.65. The highest BCUT2D eigenvalue weighted by molar-refractivity contribution is 7.93. The van der Waals surface area contributed by atoms with E-state index in [2.05, 4.69) is 6.92 Å². The Bertz CT molecular complexity index is 534. The van der Waals surface area contributed by atoms with Crippen molar-refractivity contribution in [3.05, 3.63) is 30.3 Å². The van der Waals surface area contributed by atoms with Gasteiger partial charge in [-0.3, -0.25) is 4.79 Å². The molecule has 0 fully saturated rings. The molecule has 1 aromatic rings. The number of hydrogen-bond donors (Lipinski definition) is 0. The van der Waals surface area contributed by atoms with E-state index in [4.69, 9.17) is 0 Å². The van der Waals surface area contributed by atoms with Crippen LogP contribution in [0.15, 0.2) is 35.2 Å². The highest BCUT2D eigenvalue weighted by atomic mass is 32.2. The zero-order valence-electron chi connectivity index (χ0n) is 12.6. The van der Waals surface area contributed by atoms with Gasteiger partial charge >= 0.3 is 0 Å². The van der Waals surface area contributed by atoms with E-state index in [1.54, 1.807) is 37.3 Å². The Labute approximate surface area is 122 Å². The van der Waals surface area contributed by atoms with Gasteiger partial charge in [0.25, 0.3) is 0 Å². The molecule has 0 unspecified atom stereocenters. The minimum Gasteiger partial charge on any atom is -0.298 e. The lowest BCUT2D eigenvalue weighted by atomic mass is 9.98. The van der Waals surface area contributed by atoms with E-state index in [0.717, 1.165) is 25.7 Å². The molecule has 20 heavy (non-hydrogen) atoms. The van der Waals surface area contributed by atoms with Gasteiger partial charge in [0.2, 0.25) is 0 Å². The molecule has 0 radical (unpaired) electrons. The van der Waals surface area contributed by atoms with E-state index >= 15 is 0 Å². The third-order valence-electron chi connectivity index (χ3n) is 3.90. The molecule has 0 saturated carbocycles. The van der Waals surface area contributed by atoms with Crippen LogP contribution in [0.1, 0.15) is 52.9 Å². The van der Waals surface area contributed by atoms with Crippen molar-refractivity contribution in [2.75, 3.05) is 0 Å². The number of carbonyl (C=O) groups excluding carboxylic acids is 1. The second-order valence-electron chi connectivity index (χ2n) is 5.41. The monoisotopic (exact) mass is 296 g/mol. The van der Waals surface area contributed by atoms with Crippen LogP contribution in [0.3, 0.4) is 0 Å². The van der Waals surface area contributed by atoms with Gasteiger partial charge in [-0.2, -0.15) is 0 Å². The zero-order chi connectivity index (χ0) is 15.2. The Morgan fingerprint density at radius 3 is 2.20 bits per heavy atom. The summed E-state index contributed by atoms with van der Waals surface area (Å²) in [5.74, 6) is -0.280. The van der Waals surface area contributed by atoms with E-state index in [1.165, 1.54) is 6.92 Å². The normalized spacial score (nSPS) is 14.8. The fourth-order valence-corrected chi connectivity index (χ4v) is 4.08. The van der Waals surface area contributed by atoms with E-state index in [1.807, 2.05) is 0 Å². The fraction of sp³-hybridized carbons (Fsp3) is 0.562. The van der Waals surface area contributed by atoms with Crippen LogP contribution >= 0.6 is 0 Å². The first kappa shape index (κ1) is 16.9. The summed E-state index contributed by atoms with van der Waals surface area (Å²) < 4.78 is 24.2. The Morgan fingerprint density at radius 2 is 1.70 bits per heavy atom. The Hall–Kier alpha value is -1.16. The number of Topliss-reactive ketones (excluding diaryl/α,β-unsaturated/α-hetero) is 1. The van der Waals surface area contributed by atoms with Gasteiger partial charge in [-0.05, 0) is 32.4 Å². The molecule has 0 aliphatic heterocycles. The largest absolute Gasteiger partial charge is 0.298 e. The van der Waals surface area contributed by atoms with Gasteiger partial charge < -0.3 is 0 Å². The van der Waals surface area contributed by atoms with Gasteiger partial charge in [0.1, 0.15) is 4.75 Å². The summed E-state index contributed by atoms with van der Waals surface area (Å²) in [4.78, 5) is 12.2. The summed E-state index contributed by atoms with van der Waals surface area (Å²) in [5.41, 5.74) is 0. The minimum atomic E-state index is -3.64. The molecule has 1 aromatic carbocycles. The molecule has 0 aromatic heterocycles. The van der Waals surface area contributed by atoms with E-state index in [9.17, 15) is 13.2 Å². The molecule has 0 N–H and O–H groups in total. The smallest absolute Gasteiger partial charge is 0.190 e. The van der Waals surface area contributed by atoms with E-state index in [0.29, 0.717) is 6.42 Å². The predicted octanol–water partition coefficient (Wildman–Crippen LogP) is 3.78. The SMILES string of the molecule is CCCCCC[C@](C)(C(C)=O)S(=O)(=O)c1ccccc1. The molecule has 0 amide bonds. The summed E-state index contributed by atoms with van der Waals surface area (Å²) in [6.45, 7) is 5.04. The molecular formula is C16H24O3S. The van der Waals surface area contributed by atoms with Crippen molar-refractivity contribution in [1.82, 2.24) is 0 Å². The number of sulfone groups is 1. The first-order chi connectivity index (χ1) is 9.36. The number of benzene rings is 1. The minimum absolute atomic E-state index is 0.230. The van der Waals surface area contributed by atoms with Gasteiger partial charge in [0.15, 0.2) is 15.6 Å². The van der Waals surface area contributed by atoms with Crippen LogP contribution in [-0.4, -0.2) is 18.9 Å². The van der Waals surface area contributed by atoms with E-state index < -0.39 is 14.6 Å². The number of carbonyl (C=O) groups is 1. The summed E-state index contributed by atoms with van der Waals surface area (Å²) in [6.07, 6.45) is 4.26. The Balaban J connectivity index is 3.03. The Kier molecular flexibility index (Phi) is 5.93. The number of ketones is 1.